The van der Waals surface area contributed by atoms with E-state index in [-0.39, 0.29) is 17.5 Å². The third kappa shape index (κ3) is 4.34. The third-order valence-electron chi connectivity index (χ3n) is 3.11. The normalized spacial score (nSPS) is 10.8. The molecule has 0 spiro atoms. The molecule has 0 saturated heterocycles. The van der Waals surface area contributed by atoms with Crippen LogP contribution in [-0.2, 0) is 6.42 Å². The SMILES string of the molecule is CC(C)CC(=O)c1cccc(C(=O)CCc2cn[nH]c2)n1. The molecule has 2 aromatic heterocycles. The van der Waals surface area contributed by atoms with Crippen molar-refractivity contribution in [3.8, 4) is 0 Å². The molecule has 0 unspecified atom stereocenters. The summed E-state index contributed by atoms with van der Waals surface area (Å²) in [7, 11) is 0. The number of aromatic amines is 1. The van der Waals surface area contributed by atoms with E-state index in [0.717, 1.165) is 5.56 Å². The van der Waals surface area contributed by atoms with Crippen molar-refractivity contribution in [2.75, 3.05) is 0 Å². The summed E-state index contributed by atoms with van der Waals surface area (Å²) in [4.78, 5) is 28.3. The van der Waals surface area contributed by atoms with Crippen molar-refractivity contribution < 1.29 is 9.59 Å². The second-order valence-corrected chi connectivity index (χ2v) is 5.46. The number of nitrogens with one attached hydrogen (secondary N) is 1. The predicted molar refractivity (Wildman–Crippen MR) is 79.3 cm³/mol. The molecule has 110 valence electrons. The lowest BCUT2D eigenvalue weighted by atomic mass is 10.0. The Morgan fingerprint density at radius 1 is 1.19 bits per heavy atom. The molecule has 0 aliphatic heterocycles. The maximum absolute atomic E-state index is 12.1. The number of pyridine rings is 1. The van der Waals surface area contributed by atoms with E-state index < -0.39 is 0 Å². The van der Waals surface area contributed by atoms with E-state index in [1.807, 2.05) is 13.8 Å². The van der Waals surface area contributed by atoms with E-state index in [1.54, 1.807) is 30.6 Å². The van der Waals surface area contributed by atoms with Crippen LogP contribution in [0.5, 0.6) is 0 Å². The topological polar surface area (TPSA) is 75.7 Å². The van der Waals surface area contributed by atoms with Crippen molar-refractivity contribution in [1.29, 1.82) is 0 Å². The molecule has 0 bridgehead atoms. The van der Waals surface area contributed by atoms with Crippen LogP contribution < -0.4 is 0 Å². The van der Waals surface area contributed by atoms with Gasteiger partial charge in [-0.05, 0) is 30.0 Å². The van der Waals surface area contributed by atoms with Crippen molar-refractivity contribution in [2.24, 2.45) is 5.92 Å². The second-order valence-electron chi connectivity index (χ2n) is 5.46. The fourth-order valence-electron chi connectivity index (χ4n) is 2.02. The van der Waals surface area contributed by atoms with Crippen LogP contribution in [0, 0.1) is 5.92 Å². The zero-order chi connectivity index (χ0) is 15.2. The number of hydrogen-bond donors (Lipinski definition) is 1. The van der Waals surface area contributed by atoms with E-state index in [9.17, 15) is 9.59 Å². The Balaban J connectivity index is 2.02. The number of nitrogens with zero attached hydrogens (tertiary/aromatic N) is 2. The number of aryl methyl sites for hydroxylation is 1. The minimum atomic E-state index is -0.0598. The molecular formula is C16H19N3O2. The Labute approximate surface area is 123 Å². The summed E-state index contributed by atoms with van der Waals surface area (Å²) in [6, 6.07) is 5.03. The first-order valence-electron chi connectivity index (χ1n) is 7.07. The Kier molecular flexibility index (Phi) is 4.98. The molecule has 0 aromatic carbocycles. The van der Waals surface area contributed by atoms with Gasteiger partial charge in [0.05, 0.1) is 6.20 Å². The highest BCUT2D eigenvalue weighted by Crippen LogP contribution is 2.10. The van der Waals surface area contributed by atoms with Crippen LogP contribution in [0.15, 0.2) is 30.6 Å². The van der Waals surface area contributed by atoms with Gasteiger partial charge >= 0.3 is 0 Å². The van der Waals surface area contributed by atoms with Gasteiger partial charge in [-0.2, -0.15) is 5.10 Å². The molecule has 21 heavy (non-hydrogen) atoms. The lowest BCUT2D eigenvalue weighted by molar-refractivity contribution is 0.0962. The highest BCUT2D eigenvalue weighted by Gasteiger charge is 2.13. The van der Waals surface area contributed by atoms with E-state index in [0.29, 0.717) is 30.7 Å². The van der Waals surface area contributed by atoms with Crippen LogP contribution in [0.4, 0.5) is 0 Å². The predicted octanol–water partition coefficient (Wildman–Crippen LogP) is 2.85. The summed E-state index contributed by atoms with van der Waals surface area (Å²) in [5.74, 6) is 0.199. The van der Waals surface area contributed by atoms with Crippen molar-refractivity contribution in [1.82, 2.24) is 15.2 Å². The largest absolute Gasteiger partial charge is 0.292 e. The molecule has 0 amide bonds. The Morgan fingerprint density at radius 2 is 1.90 bits per heavy atom. The van der Waals surface area contributed by atoms with Gasteiger partial charge in [0.2, 0.25) is 0 Å². The number of Topliss-reactive ketones (excluding diaryl/α,β-unsaturated/α-hetero) is 2. The summed E-state index contributed by atoms with van der Waals surface area (Å²) in [5, 5.41) is 6.55. The second kappa shape index (κ2) is 6.92. The van der Waals surface area contributed by atoms with Gasteiger partial charge < -0.3 is 0 Å². The van der Waals surface area contributed by atoms with Crippen molar-refractivity contribution in [2.45, 2.75) is 33.1 Å². The average molecular weight is 285 g/mol. The molecule has 5 heteroatoms. The number of H-pyrrole nitrogens is 1. The molecule has 1 N–H and O–H groups in total. The number of carbonyl (C=O) groups excluding carboxylic acids is 2. The highest BCUT2D eigenvalue weighted by atomic mass is 16.1. The van der Waals surface area contributed by atoms with Crippen LogP contribution in [-0.4, -0.2) is 26.7 Å². The van der Waals surface area contributed by atoms with E-state index in [1.165, 1.54) is 0 Å². The fourth-order valence-corrected chi connectivity index (χ4v) is 2.02. The molecule has 0 saturated carbocycles. The van der Waals surface area contributed by atoms with Gasteiger partial charge in [0.1, 0.15) is 11.4 Å². The monoisotopic (exact) mass is 285 g/mol. The molecule has 2 rings (SSSR count). The number of rotatable bonds is 7. The maximum atomic E-state index is 12.1. The molecule has 0 aliphatic carbocycles. The van der Waals surface area contributed by atoms with Crippen LogP contribution in [0.3, 0.4) is 0 Å². The molecular weight excluding hydrogens is 266 g/mol. The molecule has 2 aromatic rings. The quantitative estimate of drug-likeness (QED) is 0.794. The number of carbonyl (C=O) groups is 2. The van der Waals surface area contributed by atoms with E-state index >= 15 is 0 Å². The van der Waals surface area contributed by atoms with Crippen LogP contribution >= 0.6 is 0 Å². The van der Waals surface area contributed by atoms with Gasteiger partial charge in [0.25, 0.3) is 0 Å². The molecule has 0 radical (unpaired) electrons. The fraction of sp³-hybridized carbons (Fsp3) is 0.375. The van der Waals surface area contributed by atoms with Crippen LogP contribution in [0.1, 0.15) is 53.2 Å². The first-order valence-corrected chi connectivity index (χ1v) is 7.07. The van der Waals surface area contributed by atoms with E-state index in [4.69, 9.17) is 0 Å². The van der Waals surface area contributed by atoms with Gasteiger partial charge in [0.15, 0.2) is 11.6 Å². The Hall–Kier alpha value is -2.30. The van der Waals surface area contributed by atoms with Crippen molar-refractivity contribution in [3.63, 3.8) is 0 Å². The lowest BCUT2D eigenvalue weighted by Gasteiger charge is -2.05. The highest BCUT2D eigenvalue weighted by molar-refractivity contribution is 5.98. The van der Waals surface area contributed by atoms with Gasteiger partial charge in [-0.1, -0.05) is 19.9 Å². The minimum absolute atomic E-state index is 0.0190. The van der Waals surface area contributed by atoms with Crippen LogP contribution in [0.2, 0.25) is 0 Å². The zero-order valence-electron chi connectivity index (χ0n) is 12.3. The first kappa shape index (κ1) is 15.1. The molecule has 2 heterocycles. The van der Waals surface area contributed by atoms with Gasteiger partial charge in [0, 0.05) is 19.0 Å². The third-order valence-corrected chi connectivity index (χ3v) is 3.11. The Bertz CT molecular complexity index is 618. The Morgan fingerprint density at radius 3 is 2.52 bits per heavy atom. The van der Waals surface area contributed by atoms with E-state index in [2.05, 4.69) is 15.2 Å². The number of ketones is 2. The van der Waals surface area contributed by atoms with Gasteiger partial charge in [-0.15, -0.1) is 0 Å². The first-order chi connectivity index (χ1) is 10.1. The summed E-state index contributed by atoms with van der Waals surface area (Å²) in [5.41, 5.74) is 1.71. The van der Waals surface area contributed by atoms with Gasteiger partial charge in [-0.25, -0.2) is 4.98 Å². The summed E-state index contributed by atoms with van der Waals surface area (Å²) >= 11 is 0. The van der Waals surface area contributed by atoms with Crippen molar-refractivity contribution in [3.05, 3.63) is 47.5 Å². The van der Waals surface area contributed by atoms with Crippen molar-refractivity contribution >= 4 is 11.6 Å². The maximum Gasteiger partial charge on any atom is 0.181 e. The summed E-state index contributed by atoms with van der Waals surface area (Å²) in [6.45, 7) is 3.97. The molecule has 5 nitrogen and oxygen atoms in total. The standard InChI is InChI=1S/C16H19N3O2/c1-11(2)8-16(21)14-5-3-4-13(19-14)15(20)7-6-12-9-17-18-10-12/h3-5,9-11H,6-8H2,1-2H3,(H,17,18). The lowest BCUT2D eigenvalue weighted by Crippen LogP contribution is -2.10. The average Bonchev–Trinajstić information content (AvgIpc) is 2.97. The molecule has 0 aliphatic rings. The number of hydrogen-bond acceptors (Lipinski definition) is 4. The van der Waals surface area contributed by atoms with Gasteiger partial charge in [-0.3, -0.25) is 14.7 Å². The van der Waals surface area contributed by atoms with Crippen LogP contribution in [0.25, 0.3) is 0 Å². The number of aromatic nitrogens is 3. The summed E-state index contributed by atoms with van der Waals surface area (Å²) < 4.78 is 0. The molecule has 0 atom stereocenters. The smallest absolute Gasteiger partial charge is 0.181 e. The minimum Gasteiger partial charge on any atom is -0.292 e. The molecule has 0 fully saturated rings. The summed E-state index contributed by atoms with van der Waals surface area (Å²) in [6.07, 6.45) is 4.88. The zero-order valence-corrected chi connectivity index (χ0v) is 12.3.